The molecule has 0 saturated carbocycles. The van der Waals surface area contributed by atoms with Gasteiger partial charge in [-0.2, -0.15) is 0 Å². The van der Waals surface area contributed by atoms with Crippen molar-refractivity contribution in [2.45, 2.75) is 13.0 Å². The Balaban J connectivity index is 1.86. The maximum absolute atomic E-state index is 10.1. The molecular formula is C18H24ClN3O3. The number of aliphatic hydroxyl groups is 1. The molecule has 136 valence electrons. The topological polar surface area (TPSA) is 70.2 Å². The molecule has 25 heavy (non-hydrogen) atoms. The van der Waals surface area contributed by atoms with Gasteiger partial charge in [-0.3, -0.25) is 0 Å². The first kappa shape index (κ1) is 19.1. The summed E-state index contributed by atoms with van der Waals surface area (Å²) < 4.78 is 10.9. The number of ether oxygens (including phenoxy) is 1. The highest BCUT2D eigenvalue weighted by Crippen LogP contribution is 2.17. The lowest BCUT2D eigenvalue weighted by Crippen LogP contribution is -2.41. The molecule has 1 aromatic heterocycles. The second-order valence-electron chi connectivity index (χ2n) is 5.45. The van der Waals surface area contributed by atoms with Gasteiger partial charge in [0.2, 0.25) is 0 Å². The van der Waals surface area contributed by atoms with Crippen LogP contribution in [0.15, 0.2) is 52.1 Å². The summed E-state index contributed by atoms with van der Waals surface area (Å²) in [6.45, 7) is 4.07. The third-order valence-corrected chi connectivity index (χ3v) is 3.71. The summed E-state index contributed by atoms with van der Waals surface area (Å²) >= 11 is 5.94. The number of guanidine groups is 1. The molecule has 2 rings (SSSR count). The molecule has 0 bridgehead atoms. The Bertz CT molecular complexity index is 661. The lowest BCUT2D eigenvalue weighted by Gasteiger charge is -2.22. The van der Waals surface area contributed by atoms with Crippen molar-refractivity contribution >= 4 is 17.6 Å². The van der Waals surface area contributed by atoms with Crippen molar-refractivity contribution in [3.8, 4) is 5.75 Å². The first-order valence-electron chi connectivity index (χ1n) is 8.19. The van der Waals surface area contributed by atoms with Gasteiger partial charge in [-0.1, -0.05) is 17.7 Å². The number of hydrogen-bond donors (Lipinski definition) is 2. The Labute approximate surface area is 153 Å². The number of hydrogen-bond acceptors (Lipinski definition) is 4. The second kappa shape index (κ2) is 9.96. The molecule has 0 amide bonds. The lowest BCUT2D eigenvalue weighted by molar-refractivity contribution is 0.158. The number of aliphatic imine (C=N–C) groups is 1. The maximum Gasteiger partial charge on any atom is 0.193 e. The number of halogens is 1. The fourth-order valence-corrected chi connectivity index (χ4v) is 2.36. The van der Waals surface area contributed by atoms with Crippen LogP contribution in [0.5, 0.6) is 5.75 Å². The van der Waals surface area contributed by atoms with E-state index in [0.717, 1.165) is 12.3 Å². The van der Waals surface area contributed by atoms with Gasteiger partial charge in [0.25, 0.3) is 0 Å². The van der Waals surface area contributed by atoms with Crippen LogP contribution in [-0.4, -0.2) is 49.3 Å². The van der Waals surface area contributed by atoms with Gasteiger partial charge in [0.15, 0.2) is 5.96 Å². The number of aliphatic hydroxyl groups excluding tert-OH is 1. The Morgan fingerprint density at radius 3 is 2.92 bits per heavy atom. The van der Waals surface area contributed by atoms with E-state index in [-0.39, 0.29) is 6.54 Å². The third-order valence-electron chi connectivity index (χ3n) is 3.47. The summed E-state index contributed by atoms with van der Waals surface area (Å²) in [4.78, 5) is 6.40. The Morgan fingerprint density at radius 1 is 1.40 bits per heavy atom. The molecule has 0 aliphatic heterocycles. The summed E-state index contributed by atoms with van der Waals surface area (Å²) in [6.07, 6.45) is 0.770. The van der Waals surface area contributed by atoms with Gasteiger partial charge < -0.3 is 24.5 Å². The number of nitrogens with one attached hydrogen (secondary N) is 1. The molecule has 0 spiro atoms. The zero-order valence-corrected chi connectivity index (χ0v) is 15.2. The monoisotopic (exact) mass is 365 g/mol. The van der Waals surface area contributed by atoms with E-state index in [1.54, 1.807) is 24.3 Å². The average molecular weight is 366 g/mol. The largest absolute Gasteiger partial charge is 0.492 e. The Hall–Kier alpha value is -2.18. The molecule has 2 N–H and O–H groups in total. The maximum atomic E-state index is 10.1. The van der Waals surface area contributed by atoms with Gasteiger partial charge in [-0.05, 0) is 37.3 Å². The number of rotatable bonds is 8. The third kappa shape index (κ3) is 6.32. The molecule has 2 aromatic rings. The minimum absolute atomic E-state index is 0.218. The summed E-state index contributed by atoms with van der Waals surface area (Å²) in [7, 11) is 1.92. The van der Waals surface area contributed by atoms with E-state index < -0.39 is 6.10 Å². The van der Waals surface area contributed by atoms with Crippen LogP contribution in [0, 0.1) is 0 Å². The molecule has 0 aliphatic carbocycles. The van der Waals surface area contributed by atoms with Gasteiger partial charge in [0, 0.05) is 18.6 Å². The first-order chi connectivity index (χ1) is 12.1. The lowest BCUT2D eigenvalue weighted by atomic mass is 10.3. The quantitative estimate of drug-likeness (QED) is 0.556. The molecule has 1 heterocycles. The smallest absolute Gasteiger partial charge is 0.193 e. The molecule has 1 atom stereocenters. The minimum atomic E-state index is -0.764. The van der Waals surface area contributed by atoms with Crippen molar-refractivity contribution in [1.29, 1.82) is 0 Å². The van der Waals surface area contributed by atoms with Gasteiger partial charge in [0.1, 0.15) is 24.2 Å². The van der Waals surface area contributed by atoms with E-state index in [9.17, 15) is 5.11 Å². The van der Waals surface area contributed by atoms with Crippen molar-refractivity contribution in [3.05, 3.63) is 53.4 Å². The number of likely N-dealkylation sites (N-methyl/N-ethyl adjacent to an activating group) is 1. The van der Waals surface area contributed by atoms with E-state index in [1.807, 2.05) is 31.0 Å². The van der Waals surface area contributed by atoms with Crippen molar-refractivity contribution in [2.24, 2.45) is 4.99 Å². The highest BCUT2D eigenvalue weighted by Gasteiger charge is 2.12. The summed E-state index contributed by atoms with van der Waals surface area (Å²) in [5, 5.41) is 13.9. The van der Waals surface area contributed by atoms with Crippen LogP contribution < -0.4 is 10.1 Å². The SMILES string of the molecule is CCNC(=NCC(O)c1ccco1)N(C)CCOc1cccc(Cl)c1. The summed E-state index contributed by atoms with van der Waals surface area (Å²) in [5.41, 5.74) is 0. The van der Waals surface area contributed by atoms with Crippen LogP contribution in [0.2, 0.25) is 5.02 Å². The number of furan rings is 1. The van der Waals surface area contributed by atoms with Crippen LogP contribution in [0.25, 0.3) is 0 Å². The van der Waals surface area contributed by atoms with Crippen molar-refractivity contribution in [1.82, 2.24) is 10.2 Å². The van der Waals surface area contributed by atoms with Crippen molar-refractivity contribution in [3.63, 3.8) is 0 Å². The zero-order valence-electron chi connectivity index (χ0n) is 14.5. The number of nitrogens with zero attached hydrogens (tertiary/aromatic N) is 2. The molecule has 0 aliphatic rings. The molecule has 7 heteroatoms. The second-order valence-corrected chi connectivity index (χ2v) is 5.89. The van der Waals surface area contributed by atoms with Crippen molar-refractivity contribution in [2.75, 3.05) is 33.3 Å². The van der Waals surface area contributed by atoms with Crippen molar-refractivity contribution < 1.29 is 14.3 Å². The fraction of sp³-hybridized carbons (Fsp3) is 0.389. The summed E-state index contributed by atoms with van der Waals surface area (Å²) in [6, 6.07) is 10.8. The zero-order chi connectivity index (χ0) is 18.1. The fourth-order valence-electron chi connectivity index (χ4n) is 2.18. The van der Waals surface area contributed by atoms with Gasteiger partial charge in [-0.15, -0.1) is 0 Å². The normalized spacial score (nSPS) is 12.7. The standard InChI is InChI=1S/C18H24ClN3O3/c1-3-20-18(21-13-16(23)17-8-5-10-25-17)22(2)9-11-24-15-7-4-6-14(19)12-15/h4-8,10,12,16,23H,3,9,11,13H2,1-2H3,(H,20,21). The molecule has 0 saturated heterocycles. The van der Waals surface area contributed by atoms with E-state index in [0.29, 0.717) is 29.9 Å². The Kier molecular flexibility index (Phi) is 7.63. The summed E-state index contributed by atoms with van der Waals surface area (Å²) in [5.74, 6) is 1.94. The van der Waals surface area contributed by atoms with E-state index >= 15 is 0 Å². The molecule has 1 unspecified atom stereocenters. The molecule has 0 fully saturated rings. The number of benzene rings is 1. The molecule has 6 nitrogen and oxygen atoms in total. The highest BCUT2D eigenvalue weighted by molar-refractivity contribution is 6.30. The molecule has 1 aromatic carbocycles. The predicted molar refractivity (Wildman–Crippen MR) is 99.2 cm³/mol. The van der Waals surface area contributed by atoms with Crippen LogP contribution in [-0.2, 0) is 0 Å². The van der Waals surface area contributed by atoms with Crippen LogP contribution >= 0.6 is 11.6 Å². The van der Waals surface area contributed by atoms with Crippen LogP contribution in [0.4, 0.5) is 0 Å². The van der Waals surface area contributed by atoms with Gasteiger partial charge in [-0.25, -0.2) is 4.99 Å². The van der Waals surface area contributed by atoms with E-state index in [4.69, 9.17) is 20.8 Å². The molecule has 0 radical (unpaired) electrons. The van der Waals surface area contributed by atoms with Gasteiger partial charge in [0.05, 0.1) is 19.4 Å². The highest BCUT2D eigenvalue weighted by atomic mass is 35.5. The van der Waals surface area contributed by atoms with Gasteiger partial charge >= 0.3 is 0 Å². The van der Waals surface area contributed by atoms with Crippen LogP contribution in [0.3, 0.4) is 0 Å². The minimum Gasteiger partial charge on any atom is -0.492 e. The van der Waals surface area contributed by atoms with E-state index in [2.05, 4.69) is 10.3 Å². The Morgan fingerprint density at radius 2 is 2.24 bits per heavy atom. The molecular weight excluding hydrogens is 342 g/mol. The van der Waals surface area contributed by atoms with E-state index in [1.165, 1.54) is 6.26 Å². The van der Waals surface area contributed by atoms with Crippen LogP contribution in [0.1, 0.15) is 18.8 Å². The average Bonchev–Trinajstić information content (AvgIpc) is 3.13. The first-order valence-corrected chi connectivity index (χ1v) is 8.57. The predicted octanol–water partition coefficient (Wildman–Crippen LogP) is 2.94.